The lowest BCUT2D eigenvalue weighted by Gasteiger charge is -1.43. The van der Waals surface area contributed by atoms with Crippen LogP contribution in [-0.2, 0) is 0 Å². The molecule has 0 aromatic carbocycles. The molecule has 10 heavy (non-hydrogen) atoms. The highest BCUT2D eigenvalue weighted by molar-refractivity contribution is 5.56. The molecule has 4 nitrogen and oxygen atoms in total. The summed E-state index contributed by atoms with van der Waals surface area (Å²) in [5.74, 6) is 0. The summed E-state index contributed by atoms with van der Waals surface area (Å²) in [4.78, 5) is 2.94. The second-order valence-electron chi connectivity index (χ2n) is 0.681. The Kier molecular flexibility index (Phi) is 8.45. The molecule has 0 aromatic rings. The number of rotatable bonds is 0. The van der Waals surface area contributed by atoms with Crippen LogP contribution in [-0.4, -0.2) is 22.0 Å². The lowest BCUT2D eigenvalue weighted by molar-refractivity contribution is -0.0384. The van der Waals surface area contributed by atoms with Crippen LogP contribution >= 0.6 is 0 Å². The molecule has 0 bridgehead atoms. The zero-order chi connectivity index (χ0) is 8.57. The maximum absolute atomic E-state index is 10.3. The Hall–Kier alpha value is -1.52. The van der Waals surface area contributed by atoms with Crippen LogP contribution in [0.5, 0.6) is 0 Å². The van der Waals surface area contributed by atoms with Crippen molar-refractivity contribution in [2.75, 3.05) is 0 Å². The molecule has 0 saturated carbocycles. The topological polar surface area (TPSA) is 72.8 Å². The predicted molar refractivity (Wildman–Crippen MR) is 21.7 cm³/mol. The molecule has 0 aromatic heterocycles. The molecule has 0 aliphatic rings. The van der Waals surface area contributed by atoms with Gasteiger partial charge in [0.2, 0.25) is 0 Å². The van der Waals surface area contributed by atoms with Crippen LogP contribution in [0.15, 0.2) is 0 Å². The molecule has 0 unspecified atom stereocenters. The van der Waals surface area contributed by atoms with E-state index in [1.165, 1.54) is 9.58 Å². The number of halogens is 4. The third-order valence-electron chi connectivity index (χ3n) is 0.151. The Morgan fingerprint density at radius 1 is 0.800 bits per heavy atom. The molecule has 8 heteroatoms. The minimum Gasteiger partial charge on any atom is -0.355 e. The van der Waals surface area contributed by atoms with Gasteiger partial charge in [-0.1, -0.05) is 27.1 Å². The maximum atomic E-state index is 10.3. The first kappa shape index (κ1) is 11.3. The molecule has 0 N–H and O–H groups in total. The SMILES string of the molecule is [N-]=[N+]=C(F)F.[N-]=[N+]=C(F)F. The minimum absolute atomic E-state index is 1.47. The monoisotopic (exact) mass is 156 g/mol. The van der Waals surface area contributed by atoms with E-state index < -0.39 is 12.4 Å². The quantitative estimate of drug-likeness (QED) is 0.217. The van der Waals surface area contributed by atoms with Crippen LogP contribution in [0.25, 0.3) is 11.1 Å². The van der Waals surface area contributed by atoms with Crippen LogP contribution in [0.4, 0.5) is 17.6 Å². The fourth-order valence-electron chi connectivity index (χ4n) is 0. The van der Waals surface area contributed by atoms with Gasteiger partial charge in [0, 0.05) is 0 Å². The van der Waals surface area contributed by atoms with Gasteiger partial charge in [-0.05, 0) is 0 Å². The third kappa shape index (κ3) is 31.6. The van der Waals surface area contributed by atoms with E-state index in [-0.39, 0.29) is 0 Å². The highest BCUT2D eigenvalue weighted by Crippen LogP contribution is 1.66. The number of hydrogen-bond donors (Lipinski definition) is 0. The summed E-state index contributed by atoms with van der Waals surface area (Å²) in [6.07, 6.45) is -4.63. The summed E-state index contributed by atoms with van der Waals surface area (Å²) in [6.45, 7) is 0. The zero-order valence-electron chi connectivity index (χ0n) is 4.30. The van der Waals surface area contributed by atoms with Crippen LogP contribution in [0.3, 0.4) is 0 Å². The van der Waals surface area contributed by atoms with Crippen molar-refractivity contribution in [2.45, 2.75) is 0 Å². The van der Waals surface area contributed by atoms with E-state index in [9.17, 15) is 17.6 Å². The average molecular weight is 156 g/mol. The first-order valence-corrected chi connectivity index (χ1v) is 1.60. The van der Waals surface area contributed by atoms with Crippen LogP contribution < -0.4 is 0 Å². The highest BCUT2D eigenvalue weighted by atomic mass is 19.3. The molecule has 0 radical (unpaired) electrons. The average Bonchev–Trinajstić information content (AvgIpc) is 1.89. The molecule has 0 aliphatic heterocycles. The maximum Gasteiger partial charge on any atom is 0.643 e. The molecule has 0 rings (SSSR count). The molecule has 0 spiro atoms. The van der Waals surface area contributed by atoms with Gasteiger partial charge in [-0.15, -0.1) is 0 Å². The Labute approximate surface area is 51.9 Å². The Bertz CT molecular complexity index is 157. The van der Waals surface area contributed by atoms with Gasteiger partial charge in [-0.2, -0.15) is 0 Å². The van der Waals surface area contributed by atoms with Gasteiger partial charge in [-0.25, -0.2) is 0 Å². The minimum atomic E-state index is -2.31. The normalized spacial score (nSPS) is 6.00. The van der Waals surface area contributed by atoms with Crippen molar-refractivity contribution in [1.29, 1.82) is 0 Å². The standard InChI is InChI=1S/2CF2N2/c2*2-1(3)5-4. The predicted octanol–water partition coefficient (Wildman–Crippen LogP) is 1.02. The molecule has 0 saturated heterocycles. The van der Waals surface area contributed by atoms with E-state index in [2.05, 4.69) is 0 Å². The molecule has 0 amide bonds. The van der Waals surface area contributed by atoms with Crippen LogP contribution in [0, 0.1) is 0 Å². The number of hydrogen-bond acceptors (Lipinski definition) is 0. The van der Waals surface area contributed by atoms with Gasteiger partial charge in [-0.3, -0.25) is 0 Å². The fraction of sp³-hybridized carbons (Fsp3) is 0. The molecule has 0 heterocycles. The summed E-state index contributed by atoms with van der Waals surface area (Å²) < 4.78 is 41.1. The molecule has 0 aliphatic carbocycles. The molecule has 0 fully saturated rings. The van der Waals surface area contributed by atoms with Crippen molar-refractivity contribution in [3.8, 4) is 0 Å². The van der Waals surface area contributed by atoms with Crippen molar-refractivity contribution in [3.63, 3.8) is 0 Å². The highest BCUT2D eigenvalue weighted by Gasteiger charge is 1.92. The van der Waals surface area contributed by atoms with E-state index in [0.29, 0.717) is 0 Å². The molecular formula is C2F4N4. The van der Waals surface area contributed by atoms with Crippen LogP contribution in [0.1, 0.15) is 0 Å². The van der Waals surface area contributed by atoms with E-state index in [0.717, 1.165) is 0 Å². The Morgan fingerprint density at radius 2 is 0.900 bits per heavy atom. The van der Waals surface area contributed by atoms with Gasteiger partial charge < -0.3 is 11.1 Å². The van der Waals surface area contributed by atoms with Gasteiger partial charge in [0.15, 0.2) is 0 Å². The smallest absolute Gasteiger partial charge is 0.355 e. The number of nitrogens with zero attached hydrogens (tertiary/aromatic N) is 4. The van der Waals surface area contributed by atoms with Crippen molar-refractivity contribution in [3.05, 3.63) is 11.1 Å². The van der Waals surface area contributed by atoms with Crippen molar-refractivity contribution < 1.29 is 27.1 Å². The second-order valence-corrected chi connectivity index (χ2v) is 0.681. The van der Waals surface area contributed by atoms with E-state index in [1.807, 2.05) is 0 Å². The van der Waals surface area contributed by atoms with Gasteiger partial charge in [0.05, 0.1) is 0 Å². The zero-order valence-corrected chi connectivity index (χ0v) is 4.30. The first-order chi connectivity index (χ1) is 4.54. The lowest BCUT2D eigenvalue weighted by Crippen LogP contribution is -1.68. The summed E-state index contributed by atoms with van der Waals surface area (Å²) in [7, 11) is 0. The summed E-state index contributed by atoms with van der Waals surface area (Å²) in [5, 5.41) is 0. The Balaban J connectivity index is 0. The van der Waals surface area contributed by atoms with Gasteiger partial charge in [0.25, 0.3) is 0 Å². The largest absolute Gasteiger partial charge is 0.643 e. The summed E-state index contributed by atoms with van der Waals surface area (Å²) >= 11 is 0. The van der Waals surface area contributed by atoms with E-state index in [1.54, 1.807) is 0 Å². The molecule has 56 valence electrons. The second kappa shape index (κ2) is 7.48. The van der Waals surface area contributed by atoms with Crippen LogP contribution in [0.2, 0.25) is 0 Å². The van der Waals surface area contributed by atoms with Gasteiger partial charge in [0.1, 0.15) is 0 Å². The van der Waals surface area contributed by atoms with Crippen molar-refractivity contribution in [1.82, 2.24) is 0 Å². The third-order valence-corrected chi connectivity index (χ3v) is 0.151. The first-order valence-electron chi connectivity index (χ1n) is 1.60. The fourth-order valence-corrected chi connectivity index (χ4v) is 0. The van der Waals surface area contributed by atoms with Gasteiger partial charge >= 0.3 is 12.4 Å². The summed E-state index contributed by atoms with van der Waals surface area (Å²) in [6, 6.07) is 0. The van der Waals surface area contributed by atoms with E-state index >= 15 is 0 Å². The molecule has 0 atom stereocenters. The van der Waals surface area contributed by atoms with Crippen molar-refractivity contribution in [2.24, 2.45) is 0 Å². The summed E-state index contributed by atoms with van der Waals surface area (Å²) in [5.41, 5.74) is 14.0. The lowest BCUT2D eigenvalue weighted by atomic mass is 11.5. The molecular weight excluding hydrogens is 156 g/mol. The van der Waals surface area contributed by atoms with E-state index in [4.69, 9.17) is 11.1 Å². The Morgan fingerprint density at radius 3 is 0.900 bits per heavy atom. The van der Waals surface area contributed by atoms with Crippen molar-refractivity contribution >= 4 is 12.4 Å².